The number of halogens is 6. The Morgan fingerprint density at radius 2 is 2.05 bits per heavy atom. The number of hydrogen-bond acceptors (Lipinski definition) is 3. The van der Waals surface area contributed by atoms with Gasteiger partial charge in [0.25, 0.3) is 6.43 Å². The predicted octanol–water partition coefficient (Wildman–Crippen LogP) is 3.87. The summed E-state index contributed by atoms with van der Waals surface area (Å²) in [6.07, 6.45) is -8.33. The Labute approximate surface area is 109 Å². The maximum absolute atomic E-state index is 12.6. The van der Waals surface area contributed by atoms with Gasteiger partial charge in [-0.25, -0.2) is 18.6 Å². The number of aromatic nitrogens is 1. The highest BCUT2D eigenvalue weighted by Gasteiger charge is 2.37. The number of hydrogen-bond donors (Lipinski definition) is 0. The molecule has 1 aromatic rings. The van der Waals surface area contributed by atoms with Crippen LogP contribution in [-0.2, 0) is 10.9 Å². The fraction of sp³-hybridized carbons (Fsp3) is 0.400. The van der Waals surface area contributed by atoms with Crippen LogP contribution in [-0.4, -0.2) is 17.6 Å². The summed E-state index contributed by atoms with van der Waals surface area (Å²) < 4.78 is 67.4. The quantitative estimate of drug-likeness (QED) is 0.628. The number of pyridine rings is 1. The summed E-state index contributed by atoms with van der Waals surface area (Å²) in [5.41, 5.74) is -3.73. The largest absolute Gasteiger partial charge is 0.461 e. The second-order valence-corrected chi connectivity index (χ2v) is 3.65. The van der Waals surface area contributed by atoms with Gasteiger partial charge in [0, 0.05) is 0 Å². The highest BCUT2D eigenvalue weighted by atomic mass is 35.5. The maximum Gasteiger partial charge on any atom is 0.417 e. The summed E-state index contributed by atoms with van der Waals surface area (Å²) in [5, 5.41) is -1.23. The second-order valence-electron chi connectivity index (χ2n) is 3.27. The molecule has 1 aromatic heterocycles. The molecule has 106 valence electrons. The molecule has 0 aliphatic rings. The van der Waals surface area contributed by atoms with Gasteiger partial charge in [0.1, 0.15) is 11.4 Å². The topological polar surface area (TPSA) is 39.2 Å². The third kappa shape index (κ3) is 3.52. The molecule has 0 saturated heterocycles. The van der Waals surface area contributed by atoms with Gasteiger partial charge in [0.2, 0.25) is 0 Å². The molecule has 1 heterocycles. The average molecular weight is 304 g/mol. The maximum atomic E-state index is 12.6. The lowest BCUT2D eigenvalue weighted by atomic mass is 10.1. The lowest BCUT2D eigenvalue weighted by Crippen LogP contribution is -2.15. The number of carbonyl (C=O) groups excluding carboxylic acids is 1. The zero-order chi connectivity index (χ0) is 14.8. The molecule has 0 N–H and O–H groups in total. The average Bonchev–Trinajstić information content (AvgIpc) is 2.27. The summed E-state index contributed by atoms with van der Waals surface area (Å²) in [4.78, 5) is 14.4. The van der Waals surface area contributed by atoms with Crippen molar-refractivity contribution in [1.29, 1.82) is 0 Å². The fourth-order valence-electron chi connectivity index (χ4n) is 1.21. The van der Waals surface area contributed by atoms with Gasteiger partial charge in [0.05, 0.1) is 17.2 Å². The van der Waals surface area contributed by atoms with E-state index in [2.05, 4.69) is 9.72 Å². The van der Waals surface area contributed by atoms with E-state index in [1.54, 1.807) is 0 Å². The van der Waals surface area contributed by atoms with Gasteiger partial charge in [-0.3, -0.25) is 0 Å². The van der Waals surface area contributed by atoms with Crippen LogP contribution in [0.15, 0.2) is 6.07 Å². The van der Waals surface area contributed by atoms with Gasteiger partial charge < -0.3 is 4.74 Å². The lowest BCUT2D eigenvalue weighted by Gasteiger charge is -2.13. The van der Waals surface area contributed by atoms with Crippen LogP contribution in [0.3, 0.4) is 0 Å². The standard InChI is InChI=1S/C10H7ClF5NO2/c1-2-19-9(18)5-3-4(10(14,15)16)6(11)7(17-5)8(12)13/h3,8H,2H2,1H3. The van der Waals surface area contributed by atoms with E-state index in [-0.39, 0.29) is 12.7 Å². The zero-order valence-electron chi connectivity index (χ0n) is 9.39. The first-order chi connectivity index (χ1) is 8.68. The number of carbonyl (C=O) groups is 1. The minimum Gasteiger partial charge on any atom is -0.461 e. The first kappa shape index (κ1) is 15.6. The van der Waals surface area contributed by atoms with Crippen LogP contribution in [0.25, 0.3) is 0 Å². The Balaban J connectivity index is 3.44. The molecule has 0 atom stereocenters. The normalized spacial score (nSPS) is 11.8. The molecule has 0 bridgehead atoms. The molecule has 3 nitrogen and oxygen atoms in total. The summed E-state index contributed by atoms with van der Waals surface area (Å²) in [6, 6.07) is 0.284. The van der Waals surface area contributed by atoms with Crippen molar-refractivity contribution in [3.05, 3.63) is 28.0 Å². The first-order valence-electron chi connectivity index (χ1n) is 4.91. The highest BCUT2D eigenvalue weighted by Crippen LogP contribution is 2.38. The van der Waals surface area contributed by atoms with Crippen LogP contribution in [0, 0.1) is 0 Å². The van der Waals surface area contributed by atoms with Gasteiger partial charge in [-0.1, -0.05) is 11.6 Å². The smallest absolute Gasteiger partial charge is 0.417 e. The van der Waals surface area contributed by atoms with Crippen molar-refractivity contribution in [2.24, 2.45) is 0 Å². The molecule has 0 aliphatic carbocycles. The Bertz CT molecular complexity index is 490. The van der Waals surface area contributed by atoms with E-state index in [1.807, 2.05) is 0 Å². The van der Waals surface area contributed by atoms with Crippen molar-refractivity contribution in [3.63, 3.8) is 0 Å². The lowest BCUT2D eigenvalue weighted by molar-refractivity contribution is -0.137. The second kappa shape index (κ2) is 5.68. The number of ether oxygens (including phenoxy) is 1. The van der Waals surface area contributed by atoms with Crippen molar-refractivity contribution in [3.8, 4) is 0 Å². The summed E-state index contributed by atoms with van der Waals surface area (Å²) in [5.74, 6) is -1.23. The summed E-state index contributed by atoms with van der Waals surface area (Å²) >= 11 is 5.23. The zero-order valence-corrected chi connectivity index (χ0v) is 10.1. The molecule has 9 heteroatoms. The fourth-order valence-corrected chi connectivity index (χ4v) is 1.50. The molecule has 0 saturated carbocycles. The Morgan fingerprint density at radius 3 is 2.47 bits per heavy atom. The van der Waals surface area contributed by atoms with E-state index in [0.29, 0.717) is 0 Å². The van der Waals surface area contributed by atoms with Gasteiger partial charge in [-0.05, 0) is 13.0 Å². The van der Waals surface area contributed by atoms with Crippen molar-refractivity contribution in [2.75, 3.05) is 6.61 Å². The van der Waals surface area contributed by atoms with Crippen LogP contribution >= 0.6 is 11.6 Å². The van der Waals surface area contributed by atoms with Gasteiger partial charge in [0.15, 0.2) is 0 Å². The Morgan fingerprint density at radius 1 is 1.47 bits per heavy atom. The van der Waals surface area contributed by atoms with E-state index in [0.717, 1.165) is 0 Å². The van der Waals surface area contributed by atoms with Gasteiger partial charge in [-0.2, -0.15) is 13.2 Å². The van der Waals surface area contributed by atoms with E-state index in [4.69, 9.17) is 11.6 Å². The number of alkyl halides is 5. The molecule has 19 heavy (non-hydrogen) atoms. The minimum atomic E-state index is -4.98. The van der Waals surface area contributed by atoms with Gasteiger partial charge >= 0.3 is 12.1 Å². The monoisotopic (exact) mass is 303 g/mol. The van der Waals surface area contributed by atoms with Crippen LogP contribution in [0.1, 0.15) is 35.1 Å². The van der Waals surface area contributed by atoms with E-state index >= 15 is 0 Å². The third-order valence-electron chi connectivity index (χ3n) is 1.98. The molecule has 0 amide bonds. The Hall–Kier alpha value is -1.44. The van der Waals surface area contributed by atoms with Crippen molar-refractivity contribution >= 4 is 17.6 Å². The summed E-state index contributed by atoms with van der Waals surface area (Å²) in [6.45, 7) is 1.28. The molecule has 0 aromatic carbocycles. The highest BCUT2D eigenvalue weighted by molar-refractivity contribution is 6.32. The number of esters is 1. The number of rotatable bonds is 3. The number of nitrogens with zero attached hydrogens (tertiary/aromatic N) is 1. The van der Waals surface area contributed by atoms with Crippen LogP contribution in [0.4, 0.5) is 22.0 Å². The molecule has 0 fully saturated rings. The SMILES string of the molecule is CCOC(=O)c1cc(C(F)(F)F)c(Cl)c(C(F)F)n1. The van der Waals surface area contributed by atoms with Crippen molar-refractivity contribution in [2.45, 2.75) is 19.5 Å². The van der Waals surface area contributed by atoms with Crippen LogP contribution in [0.5, 0.6) is 0 Å². The molecular formula is C10H7ClF5NO2. The molecule has 0 aliphatic heterocycles. The third-order valence-corrected chi connectivity index (χ3v) is 2.38. The molecule has 0 radical (unpaired) electrons. The molecule has 0 spiro atoms. The summed E-state index contributed by atoms with van der Waals surface area (Å²) in [7, 11) is 0. The van der Waals surface area contributed by atoms with E-state index < -0.39 is 40.5 Å². The van der Waals surface area contributed by atoms with Gasteiger partial charge in [-0.15, -0.1) is 0 Å². The van der Waals surface area contributed by atoms with E-state index in [1.165, 1.54) is 6.92 Å². The molecule has 1 rings (SSSR count). The minimum absolute atomic E-state index is 0.130. The van der Waals surface area contributed by atoms with E-state index in [9.17, 15) is 26.7 Å². The van der Waals surface area contributed by atoms with Crippen molar-refractivity contribution in [1.82, 2.24) is 4.98 Å². The molecule has 0 unspecified atom stereocenters. The molecular weight excluding hydrogens is 297 g/mol. The van der Waals surface area contributed by atoms with Crippen LogP contribution in [0.2, 0.25) is 5.02 Å². The van der Waals surface area contributed by atoms with Crippen LogP contribution < -0.4 is 0 Å². The Kier molecular flexibility index (Phi) is 4.67. The predicted molar refractivity (Wildman–Crippen MR) is 55.2 cm³/mol. The first-order valence-corrected chi connectivity index (χ1v) is 5.29. The van der Waals surface area contributed by atoms with Crippen molar-refractivity contribution < 1.29 is 31.5 Å².